The molecule has 30 heavy (non-hydrogen) atoms. The van der Waals surface area contributed by atoms with Crippen molar-refractivity contribution >= 4 is 28.8 Å². The molecule has 0 N–H and O–H groups in total. The summed E-state index contributed by atoms with van der Waals surface area (Å²) in [6.45, 7) is 3.51. The molecular formula is C22H21NO7. The number of esters is 2. The lowest BCUT2D eigenvalue weighted by atomic mass is 9.96. The van der Waals surface area contributed by atoms with Crippen LogP contribution in [0.4, 0.5) is 5.88 Å². The van der Waals surface area contributed by atoms with Gasteiger partial charge in [-0.3, -0.25) is 19.7 Å². The third-order valence-corrected chi connectivity index (χ3v) is 4.57. The van der Waals surface area contributed by atoms with Gasteiger partial charge in [-0.25, -0.2) is 0 Å². The highest BCUT2D eigenvalue weighted by molar-refractivity contribution is 6.01. The van der Waals surface area contributed by atoms with Crippen LogP contribution in [0.2, 0.25) is 0 Å². The molecule has 0 aliphatic rings. The summed E-state index contributed by atoms with van der Waals surface area (Å²) < 4.78 is 15.7. The van der Waals surface area contributed by atoms with E-state index in [1.165, 1.54) is 0 Å². The Bertz CT molecular complexity index is 1050. The van der Waals surface area contributed by atoms with Gasteiger partial charge >= 0.3 is 17.8 Å². The summed E-state index contributed by atoms with van der Waals surface area (Å²) in [5.74, 6) is -3.01. The summed E-state index contributed by atoms with van der Waals surface area (Å²) in [4.78, 5) is 35.7. The first-order chi connectivity index (χ1) is 14.5. The number of nitrogens with zero attached hydrogens (tertiary/aromatic N) is 1. The lowest BCUT2D eigenvalue weighted by Gasteiger charge is -2.14. The van der Waals surface area contributed by atoms with E-state index >= 15 is 0 Å². The lowest BCUT2D eigenvalue weighted by molar-refractivity contribution is -0.400. The molecule has 0 spiro atoms. The van der Waals surface area contributed by atoms with Gasteiger partial charge in [0.15, 0.2) is 5.92 Å². The van der Waals surface area contributed by atoms with Gasteiger partial charge in [0.25, 0.3) is 0 Å². The number of furan rings is 1. The minimum Gasteiger partial charge on any atom is -0.465 e. The molecule has 0 saturated heterocycles. The topological polar surface area (TPSA) is 109 Å². The van der Waals surface area contributed by atoms with Gasteiger partial charge < -0.3 is 13.9 Å². The zero-order valence-corrected chi connectivity index (χ0v) is 16.6. The standard InChI is InChI=1S/C22H21NO7/c1-3-28-21(24)17(22(25)29-4-2)13-15-11-8-12-16-18(14-9-6-5-7-10-14)20(23(26)27)30-19(15)16/h5-12,17H,3-4,13H2,1-2H3. The number of fused-ring (bicyclic) bond motifs is 1. The maximum absolute atomic E-state index is 12.3. The Labute approximate surface area is 172 Å². The van der Waals surface area contributed by atoms with Crippen LogP contribution in [0.15, 0.2) is 52.9 Å². The maximum atomic E-state index is 12.3. The van der Waals surface area contributed by atoms with Crippen LogP contribution < -0.4 is 0 Å². The van der Waals surface area contributed by atoms with E-state index in [9.17, 15) is 19.7 Å². The minimum atomic E-state index is -1.19. The molecule has 3 rings (SSSR count). The first kappa shape index (κ1) is 21.0. The second kappa shape index (κ2) is 9.21. The van der Waals surface area contributed by atoms with Crippen LogP contribution in [-0.2, 0) is 25.5 Å². The van der Waals surface area contributed by atoms with Gasteiger partial charge in [0.1, 0.15) is 16.1 Å². The quantitative estimate of drug-likeness (QED) is 0.235. The molecule has 0 atom stereocenters. The third-order valence-electron chi connectivity index (χ3n) is 4.57. The normalized spacial score (nSPS) is 10.9. The molecule has 1 heterocycles. The number of carbonyl (C=O) groups is 2. The average molecular weight is 411 g/mol. The highest BCUT2D eigenvalue weighted by Crippen LogP contribution is 2.41. The van der Waals surface area contributed by atoms with Crippen molar-refractivity contribution < 1.29 is 28.4 Å². The van der Waals surface area contributed by atoms with Crippen molar-refractivity contribution in [1.82, 2.24) is 0 Å². The van der Waals surface area contributed by atoms with Crippen LogP contribution in [0.1, 0.15) is 19.4 Å². The minimum absolute atomic E-state index is 0.0616. The number of hydrogen-bond acceptors (Lipinski definition) is 7. The van der Waals surface area contributed by atoms with E-state index in [0.717, 1.165) is 0 Å². The molecule has 8 heteroatoms. The second-order valence-corrected chi connectivity index (χ2v) is 6.46. The smallest absolute Gasteiger partial charge is 0.442 e. The summed E-state index contributed by atoms with van der Waals surface area (Å²) in [7, 11) is 0. The molecule has 0 aliphatic carbocycles. The molecule has 0 saturated carbocycles. The molecule has 1 aromatic heterocycles. The Morgan fingerprint density at radius 3 is 2.20 bits per heavy atom. The van der Waals surface area contributed by atoms with Gasteiger partial charge in [0.05, 0.1) is 13.2 Å². The fourth-order valence-electron chi connectivity index (χ4n) is 3.31. The Hall–Kier alpha value is -3.68. The fraction of sp³-hybridized carbons (Fsp3) is 0.273. The van der Waals surface area contributed by atoms with Crippen LogP contribution in [-0.4, -0.2) is 30.1 Å². The molecule has 156 valence electrons. The molecule has 0 fully saturated rings. The number of ether oxygens (including phenoxy) is 2. The van der Waals surface area contributed by atoms with Crippen LogP contribution >= 0.6 is 0 Å². The van der Waals surface area contributed by atoms with Gasteiger partial charge in [0.2, 0.25) is 0 Å². The number of carbonyl (C=O) groups excluding carboxylic acids is 2. The third kappa shape index (κ3) is 4.17. The molecule has 2 aromatic carbocycles. The Kier molecular flexibility index (Phi) is 6.46. The predicted octanol–water partition coefficient (Wildman–Crippen LogP) is 4.29. The molecule has 0 aliphatic heterocycles. The zero-order valence-electron chi connectivity index (χ0n) is 16.6. The number of para-hydroxylation sites is 1. The van der Waals surface area contributed by atoms with Crippen molar-refractivity contribution in [3.63, 3.8) is 0 Å². The average Bonchev–Trinajstić information content (AvgIpc) is 3.13. The SMILES string of the molecule is CCOC(=O)C(Cc1cccc2c(-c3ccccc3)c([N+](=O)[O-])oc12)C(=O)OCC. The van der Waals surface area contributed by atoms with Crippen molar-refractivity contribution in [3.8, 4) is 11.1 Å². The van der Waals surface area contributed by atoms with Crippen molar-refractivity contribution in [2.75, 3.05) is 13.2 Å². The van der Waals surface area contributed by atoms with Gasteiger partial charge in [-0.15, -0.1) is 0 Å². The number of rotatable bonds is 8. The van der Waals surface area contributed by atoms with E-state index in [4.69, 9.17) is 13.9 Å². The van der Waals surface area contributed by atoms with Gasteiger partial charge in [-0.2, -0.15) is 0 Å². The monoisotopic (exact) mass is 411 g/mol. The summed E-state index contributed by atoms with van der Waals surface area (Å²) in [6.07, 6.45) is -0.0616. The van der Waals surface area contributed by atoms with E-state index in [1.54, 1.807) is 56.3 Å². The highest BCUT2D eigenvalue weighted by Gasteiger charge is 2.32. The fourth-order valence-corrected chi connectivity index (χ4v) is 3.31. The Morgan fingerprint density at radius 2 is 1.63 bits per heavy atom. The van der Waals surface area contributed by atoms with Gasteiger partial charge in [-0.1, -0.05) is 48.5 Å². The summed E-state index contributed by atoms with van der Waals surface area (Å²) in [5, 5.41) is 12.2. The predicted molar refractivity (Wildman–Crippen MR) is 109 cm³/mol. The summed E-state index contributed by atoms with van der Waals surface area (Å²) in [5.41, 5.74) is 1.71. The Morgan fingerprint density at radius 1 is 1.00 bits per heavy atom. The van der Waals surface area contributed by atoms with Crippen molar-refractivity contribution in [2.24, 2.45) is 5.92 Å². The van der Waals surface area contributed by atoms with Gasteiger partial charge in [0, 0.05) is 11.8 Å². The van der Waals surface area contributed by atoms with E-state index in [0.29, 0.717) is 22.1 Å². The number of hydrogen-bond donors (Lipinski definition) is 0. The molecule has 0 unspecified atom stereocenters. The van der Waals surface area contributed by atoms with Crippen LogP contribution in [0, 0.1) is 16.0 Å². The van der Waals surface area contributed by atoms with Crippen LogP contribution in [0.5, 0.6) is 0 Å². The van der Waals surface area contributed by atoms with Crippen molar-refractivity contribution in [3.05, 3.63) is 64.2 Å². The molecular weight excluding hydrogens is 390 g/mol. The van der Waals surface area contributed by atoms with E-state index < -0.39 is 28.7 Å². The Balaban J connectivity index is 2.12. The highest BCUT2D eigenvalue weighted by atomic mass is 16.6. The van der Waals surface area contributed by atoms with E-state index in [1.807, 2.05) is 6.07 Å². The van der Waals surface area contributed by atoms with Crippen LogP contribution in [0.3, 0.4) is 0 Å². The summed E-state index contributed by atoms with van der Waals surface area (Å²) >= 11 is 0. The first-order valence-corrected chi connectivity index (χ1v) is 9.55. The van der Waals surface area contributed by atoms with E-state index in [-0.39, 0.29) is 25.2 Å². The number of nitro groups is 1. The largest absolute Gasteiger partial charge is 0.465 e. The van der Waals surface area contributed by atoms with Gasteiger partial charge in [-0.05, 0) is 25.0 Å². The maximum Gasteiger partial charge on any atom is 0.442 e. The second-order valence-electron chi connectivity index (χ2n) is 6.46. The summed E-state index contributed by atoms with van der Waals surface area (Å²) in [6, 6.07) is 14.0. The molecule has 0 radical (unpaired) electrons. The first-order valence-electron chi connectivity index (χ1n) is 9.55. The van der Waals surface area contributed by atoms with E-state index in [2.05, 4.69) is 0 Å². The zero-order chi connectivity index (χ0) is 21.7. The van der Waals surface area contributed by atoms with Crippen molar-refractivity contribution in [1.29, 1.82) is 0 Å². The van der Waals surface area contributed by atoms with Crippen molar-refractivity contribution in [2.45, 2.75) is 20.3 Å². The lowest BCUT2D eigenvalue weighted by Crippen LogP contribution is -2.30. The molecule has 8 nitrogen and oxygen atoms in total. The molecule has 3 aromatic rings. The molecule has 0 amide bonds. The number of benzene rings is 2. The van der Waals surface area contributed by atoms with Crippen LogP contribution in [0.25, 0.3) is 22.1 Å². The molecule has 0 bridgehead atoms.